The van der Waals surface area contributed by atoms with Crippen LogP contribution in [0.3, 0.4) is 0 Å². The van der Waals surface area contributed by atoms with Gasteiger partial charge in [0.15, 0.2) is 5.78 Å². The lowest BCUT2D eigenvalue weighted by Crippen LogP contribution is -2.30. The Hall–Kier alpha value is -2.88. The molecule has 1 fully saturated rings. The monoisotopic (exact) mass is 344 g/mol. The minimum absolute atomic E-state index is 0.0880. The second-order valence-corrected chi connectivity index (χ2v) is 6.87. The number of carbonyl (C=O) groups excluding carboxylic acids is 2. The van der Waals surface area contributed by atoms with E-state index in [9.17, 15) is 9.59 Å². The molecule has 0 radical (unpaired) electrons. The number of fused-ring (bicyclic) bond motifs is 1. The van der Waals surface area contributed by atoms with Crippen molar-refractivity contribution in [1.29, 1.82) is 0 Å². The molecule has 1 aliphatic carbocycles. The number of allylic oxidation sites excluding steroid dienone is 1. The molecule has 1 heterocycles. The molecule has 2 aromatic rings. The maximum atomic E-state index is 12.5. The molecule has 2 aromatic carbocycles. The lowest BCUT2D eigenvalue weighted by molar-refractivity contribution is -0.114. The van der Waals surface area contributed by atoms with Gasteiger partial charge in [-0.3, -0.25) is 9.59 Å². The first-order valence-corrected chi connectivity index (χ1v) is 9.13. The van der Waals surface area contributed by atoms with Crippen molar-refractivity contribution >= 4 is 11.7 Å². The minimum Gasteiger partial charge on any atom is -0.289 e. The Kier molecular flexibility index (Phi) is 4.57. The number of nitrogens with zero attached hydrogens (tertiary/aromatic N) is 2. The van der Waals surface area contributed by atoms with Crippen molar-refractivity contribution in [2.24, 2.45) is 9.98 Å². The summed E-state index contributed by atoms with van der Waals surface area (Å²) < 4.78 is 0. The fourth-order valence-corrected chi connectivity index (χ4v) is 3.65. The predicted molar refractivity (Wildman–Crippen MR) is 98.4 cm³/mol. The zero-order chi connectivity index (χ0) is 17.9. The van der Waals surface area contributed by atoms with Crippen molar-refractivity contribution in [3.63, 3.8) is 0 Å². The van der Waals surface area contributed by atoms with Crippen LogP contribution in [-0.4, -0.2) is 11.7 Å². The molecule has 4 heteroatoms. The van der Waals surface area contributed by atoms with E-state index >= 15 is 0 Å². The molecule has 0 bridgehead atoms. The quantitative estimate of drug-likeness (QED) is 0.634. The SMILES string of the molecule is O=C1N=c2ccccc2=N/C1=C\C(=O)c1ccc(C2CCCCC2)cc1. The standard InChI is InChI=1S/C22H20N2O2/c25-21(14-20-22(26)24-19-9-5-4-8-18(19)23-20)17-12-10-16(11-13-17)15-6-2-1-3-7-15/h4-5,8-15H,1-3,6-7H2/b20-14-. The summed E-state index contributed by atoms with van der Waals surface area (Å²) in [6, 6.07) is 14.9. The van der Waals surface area contributed by atoms with Crippen molar-refractivity contribution in [2.75, 3.05) is 0 Å². The van der Waals surface area contributed by atoms with Crippen molar-refractivity contribution < 1.29 is 9.59 Å². The van der Waals surface area contributed by atoms with E-state index in [1.165, 1.54) is 43.7 Å². The molecule has 1 amide bonds. The van der Waals surface area contributed by atoms with Gasteiger partial charge in [-0.25, -0.2) is 9.98 Å². The summed E-state index contributed by atoms with van der Waals surface area (Å²) in [4.78, 5) is 32.9. The molecule has 0 saturated heterocycles. The maximum Gasteiger partial charge on any atom is 0.296 e. The first-order chi connectivity index (χ1) is 12.7. The number of rotatable bonds is 3. The van der Waals surface area contributed by atoms with Crippen molar-refractivity contribution in [2.45, 2.75) is 38.0 Å². The van der Waals surface area contributed by atoms with E-state index in [0.717, 1.165) is 0 Å². The average Bonchev–Trinajstić information content (AvgIpc) is 2.69. The summed E-state index contributed by atoms with van der Waals surface area (Å²) in [6.45, 7) is 0. The van der Waals surface area contributed by atoms with Gasteiger partial charge < -0.3 is 0 Å². The van der Waals surface area contributed by atoms with Crippen LogP contribution in [0.2, 0.25) is 0 Å². The van der Waals surface area contributed by atoms with Gasteiger partial charge >= 0.3 is 0 Å². The molecule has 130 valence electrons. The summed E-state index contributed by atoms with van der Waals surface area (Å²) >= 11 is 0. The lowest BCUT2D eigenvalue weighted by Gasteiger charge is -2.21. The molecule has 0 spiro atoms. The number of hydrogen-bond donors (Lipinski definition) is 0. The van der Waals surface area contributed by atoms with Crippen LogP contribution < -0.4 is 10.7 Å². The van der Waals surface area contributed by atoms with Crippen LogP contribution in [0.4, 0.5) is 0 Å². The first kappa shape index (κ1) is 16.6. The minimum atomic E-state index is -0.476. The van der Waals surface area contributed by atoms with Crippen LogP contribution >= 0.6 is 0 Å². The molecule has 0 unspecified atom stereocenters. The van der Waals surface area contributed by atoms with Gasteiger partial charge in [0.2, 0.25) is 0 Å². The third-order valence-corrected chi connectivity index (χ3v) is 5.10. The van der Waals surface area contributed by atoms with Crippen LogP contribution in [0, 0.1) is 0 Å². The van der Waals surface area contributed by atoms with Crippen LogP contribution in [-0.2, 0) is 4.79 Å². The normalized spacial score (nSPS) is 18.8. The average molecular weight is 344 g/mol. The number of hydrogen-bond acceptors (Lipinski definition) is 3. The topological polar surface area (TPSA) is 58.9 Å². The second kappa shape index (κ2) is 7.16. The van der Waals surface area contributed by atoms with Gasteiger partial charge in [0.05, 0.1) is 10.7 Å². The van der Waals surface area contributed by atoms with E-state index in [2.05, 4.69) is 9.98 Å². The number of amides is 1. The van der Waals surface area contributed by atoms with Crippen LogP contribution in [0.1, 0.15) is 53.9 Å². The molecule has 2 aliphatic rings. The summed E-state index contributed by atoms with van der Waals surface area (Å²) in [5, 5.41) is 1.15. The van der Waals surface area contributed by atoms with Crippen LogP contribution in [0.25, 0.3) is 0 Å². The molecule has 1 saturated carbocycles. The summed E-state index contributed by atoms with van der Waals surface area (Å²) in [5.74, 6) is -0.0887. The van der Waals surface area contributed by atoms with Crippen molar-refractivity contribution in [1.82, 2.24) is 0 Å². The molecule has 1 aliphatic heterocycles. The van der Waals surface area contributed by atoms with Gasteiger partial charge in [0, 0.05) is 11.6 Å². The Morgan fingerprint density at radius 3 is 2.23 bits per heavy atom. The number of para-hydroxylation sites is 2. The Labute approximate surface area is 152 Å². The molecular formula is C22H20N2O2. The van der Waals surface area contributed by atoms with E-state index in [0.29, 0.717) is 22.2 Å². The van der Waals surface area contributed by atoms with E-state index < -0.39 is 5.91 Å². The summed E-state index contributed by atoms with van der Waals surface area (Å²) in [5.41, 5.74) is 1.96. The largest absolute Gasteiger partial charge is 0.296 e. The highest BCUT2D eigenvalue weighted by molar-refractivity contribution is 6.09. The lowest BCUT2D eigenvalue weighted by atomic mass is 9.84. The predicted octanol–water partition coefficient (Wildman–Crippen LogP) is 3.28. The molecule has 4 nitrogen and oxygen atoms in total. The summed E-state index contributed by atoms with van der Waals surface area (Å²) in [7, 11) is 0. The zero-order valence-electron chi connectivity index (χ0n) is 14.5. The van der Waals surface area contributed by atoms with E-state index in [4.69, 9.17) is 0 Å². The Bertz CT molecular complexity index is 997. The Morgan fingerprint density at radius 2 is 1.54 bits per heavy atom. The highest BCUT2D eigenvalue weighted by atomic mass is 16.1. The number of ketones is 1. The number of benzene rings is 2. The molecule has 0 aromatic heterocycles. The smallest absolute Gasteiger partial charge is 0.289 e. The highest BCUT2D eigenvalue weighted by Crippen LogP contribution is 2.32. The van der Waals surface area contributed by atoms with Gasteiger partial charge in [0.25, 0.3) is 5.91 Å². The molecule has 0 N–H and O–H groups in total. The maximum absolute atomic E-state index is 12.5. The molecule has 4 rings (SSSR count). The van der Waals surface area contributed by atoms with Crippen molar-refractivity contribution in [3.8, 4) is 0 Å². The zero-order valence-corrected chi connectivity index (χ0v) is 14.5. The van der Waals surface area contributed by atoms with Crippen molar-refractivity contribution in [3.05, 3.63) is 82.1 Å². The highest BCUT2D eigenvalue weighted by Gasteiger charge is 2.17. The first-order valence-electron chi connectivity index (χ1n) is 9.13. The fourth-order valence-electron chi connectivity index (χ4n) is 3.65. The van der Waals surface area contributed by atoms with Crippen LogP contribution in [0.15, 0.2) is 70.3 Å². The summed E-state index contributed by atoms with van der Waals surface area (Å²) in [6.07, 6.45) is 7.64. The van der Waals surface area contributed by atoms with E-state index in [1.807, 2.05) is 30.3 Å². The number of carbonyl (C=O) groups is 2. The van der Waals surface area contributed by atoms with Gasteiger partial charge in [-0.1, -0.05) is 55.7 Å². The van der Waals surface area contributed by atoms with Crippen LogP contribution in [0.5, 0.6) is 0 Å². The van der Waals surface area contributed by atoms with E-state index in [1.54, 1.807) is 18.2 Å². The molecule has 0 atom stereocenters. The Morgan fingerprint density at radius 1 is 0.885 bits per heavy atom. The van der Waals surface area contributed by atoms with Gasteiger partial charge in [-0.05, 0) is 36.5 Å². The Balaban J connectivity index is 1.57. The van der Waals surface area contributed by atoms with E-state index in [-0.39, 0.29) is 11.5 Å². The third kappa shape index (κ3) is 3.40. The fraction of sp³-hybridized carbons (Fsp3) is 0.273. The molecular weight excluding hydrogens is 324 g/mol. The van der Waals surface area contributed by atoms with Gasteiger partial charge in [0.1, 0.15) is 5.70 Å². The second-order valence-electron chi connectivity index (χ2n) is 6.87. The van der Waals surface area contributed by atoms with Gasteiger partial charge in [-0.2, -0.15) is 0 Å². The molecule has 26 heavy (non-hydrogen) atoms. The van der Waals surface area contributed by atoms with Gasteiger partial charge in [-0.15, -0.1) is 0 Å². The third-order valence-electron chi connectivity index (χ3n) is 5.10.